The van der Waals surface area contributed by atoms with Crippen molar-refractivity contribution in [3.8, 4) is 0 Å². The third kappa shape index (κ3) is 3.67. The van der Waals surface area contributed by atoms with Gasteiger partial charge in [0.15, 0.2) is 0 Å². The van der Waals surface area contributed by atoms with Gasteiger partial charge in [0.1, 0.15) is 0 Å². The Hall–Kier alpha value is -0.970. The van der Waals surface area contributed by atoms with Gasteiger partial charge in [-0.2, -0.15) is 0 Å². The molecule has 2 rings (SSSR count). The van der Waals surface area contributed by atoms with E-state index >= 15 is 0 Å². The molecule has 1 saturated heterocycles. The number of hydrogen-bond acceptors (Lipinski definition) is 2. The monoisotopic (exact) mass is 344 g/mol. The average Bonchev–Trinajstić information content (AvgIpc) is 2.42. The summed E-state index contributed by atoms with van der Waals surface area (Å²) in [7, 11) is 0. The zero-order valence-corrected chi connectivity index (χ0v) is 14.6. The SMILES string of the molecule is CC(C)(C)C1(O)CCN(C(=O)Nc2ccc(Cl)c(Cl)c2)CC1. The van der Waals surface area contributed by atoms with Gasteiger partial charge in [0.2, 0.25) is 0 Å². The fourth-order valence-corrected chi connectivity index (χ4v) is 2.90. The number of nitrogens with zero attached hydrogens (tertiary/aromatic N) is 1. The van der Waals surface area contributed by atoms with Crippen LogP contribution in [0.2, 0.25) is 10.0 Å². The van der Waals surface area contributed by atoms with Crippen LogP contribution in [0.1, 0.15) is 33.6 Å². The van der Waals surface area contributed by atoms with Gasteiger partial charge < -0.3 is 15.3 Å². The highest BCUT2D eigenvalue weighted by Crippen LogP contribution is 2.38. The van der Waals surface area contributed by atoms with Gasteiger partial charge in [-0.15, -0.1) is 0 Å². The third-order valence-corrected chi connectivity index (χ3v) is 5.18. The number of carbonyl (C=O) groups excluding carboxylic acids is 1. The number of benzene rings is 1. The van der Waals surface area contributed by atoms with E-state index < -0.39 is 5.60 Å². The fraction of sp³-hybridized carbons (Fsp3) is 0.562. The highest BCUT2D eigenvalue weighted by molar-refractivity contribution is 6.42. The first-order valence-corrected chi connectivity index (χ1v) is 8.11. The lowest BCUT2D eigenvalue weighted by atomic mass is 9.71. The molecule has 0 radical (unpaired) electrons. The highest BCUT2D eigenvalue weighted by atomic mass is 35.5. The number of amides is 2. The number of piperidine rings is 1. The quantitative estimate of drug-likeness (QED) is 0.793. The van der Waals surface area contributed by atoms with Gasteiger partial charge in [0, 0.05) is 18.8 Å². The predicted molar refractivity (Wildman–Crippen MR) is 90.7 cm³/mol. The molecule has 22 heavy (non-hydrogen) atoms. The lowest BCUT2D eigenvalue weighted by Gasteiger charge is -2.46. The van der Waals surface area contributed by atoms with Crippen LogP contribution in [0.3, 0.4) is 0 Å². The number of urea groups is 1. The number of nitrogens with one attached hydrogen (secondary N) is 1. The van der Waals surface area contributed by atoms with Crippen LogP contribution in [0.5, 0.6) is 0 Å². The molecule has 0 spiro atoms. The number of likely N-dealkylation sites (tertiary alicyclic amines) is 1. The maximum absolute atomic E-state index is 12.3. The van der Waals surface area contributed by atoms with Crippen LogP contribution in [0.25, 0.3) is 0 Å². The molecule has 2 N–H and O–H groups in total. The van der Waals surface area contributed by atoms with Gasteiger partial charge in [-0.25, -0.2) is 4.79 Å². The van der Waals surface area contributed by atoms with Crippen molar-refractivity contribution in [1.29, 1.82) is 0 Å². The van der Waals surface area contributed by atoms with E-state index in [0.29, 0.717) is 41.7 Å². The summed E-state index contributed by atoms with van der Waals surface area (Å²) in [5.41, 5.74) is -0.317. The Labute approximate surface area is 141 Å². The Morgan fingerprint density at radius 1 is 1.23 bits per heavy atom. The molecule has 1 aliphatic rings. The van der Waals surface area contributed by atoms with Crippen molar-refractivity contribution >= 4 is 34.9 Å². The van der Waals surface area contributed by atoms with Gasteiger partial charge in [-0.05, 0) is 36.5 Å². The summed E-state index contributed by atoms with van der Waals surface area (Å²) < 4.78 is 0. The molecule has 0 aliphatic carbocycles. The fourth-order valence-electron chi connectivity index (χ4n) is 2.61. The van der Waals surface area contributed by atoms with E-state index in [-0.39, 0.29) is 11.4 Å². The molecule has 0 atom stereocenters. The molecule has 122 valence electrons. The lowest BCUT2D eigenvalue weighted by Crippen LogP contribution is -2.53. The van der Waals surface area contributed by atoms with Crippen LogP contribution >= 0.6 is 23.2 Å². The maximum atomic E-state index is 12.3. The first-order chi connectivity index (χ1) is 10.1. The van der Waals surface area contributed by atoms with Crippen molar-refractivity contribution in [1.82, 2.24) is 4.90 Å². The Morgan fingerprint density at radius 2 is 1.82 bits per heavy atom. The molecule has 1 aliphatic heterocycles. The molecule has 0 unspecified atom stereocenters. The largest absolute Gasteiger partial charge is 0.389 e. The van der Waals surface area contributed by atoms with Gasteiger partial charge in [-0.1, -0.05) is 44.0 Å². The van der Waals surface area contributed by atoms with Crippen molar-refractivity contribution in [2.24, 2.45) is 5.41 Å². The standard InChI is InChI=1S/C16H22Cl2N2O2/c1-15(2,3)16(22)6-8-20(9-7-16)14(21)19-11-4-5-12(17)13(18)10-11/h4-5,10,22H,6-9H2,1-3H3,(H,19,21). The van der Waals surface area contributed by atoms with Gasteiger partial charge >= 0.3 is 6.03 Å². The summed E-state index contributed by atoms with van der Waals surface area (Å²) in [6.45, 7) is 7.14. The van der Waals surface area contributed by atoms with Crippen LogP contribution in [0, 0.1) is 5.41 Å². The Morgan fingerprint density at radius 3 is 2.32 bits per heavy atom. The zero-order chi connectivity index (χ0) is 16.5. The van der Waals surface area contributed by atoms with E-state index in [1.54, 1.807) is 23.1 Å². The predicted octanol–water partition coefficient (Wildman–Crippen LogP) is 4.40. The maximum Gasteiger partial charge on any atom is 0.321 e. The van der Waals surface area contributed by atoms with Crippen molar-refractivity contribution in [3.63, 3.8) is 0 Å². The Balaban J connectivity index is 1.97. The van der Waals surface area contributed by atoms with Crippen LogP contribution in [-0.2, 0) is 0 Å². The van der Waals surface area contributed by atoms with E-state index in [0.717, 1.165) is 0 Å². The molecular weight excluding hydrogens is 323 g/mol. The molecule has 1 aromatic carbocycles. The molecule has 0 saturated carbocycles. The van der Waals surface area contributed by atoms with Crippen molar-refractivity contribution in [2.75, 3.05) is 18.4 Å². The number of aliphatic hydroxyl groups is 1. The second-order valence-electron chi connectivity index (χ2n) is 6.83. The van der Waals surface area contributed by atoms with Gasteiger partial charge in [0.05, 0.1) is 15.6 Å². The number of carbonyl (C=O) groups is 1. The molecule has 0 bridgehead atoms. The molecule has 0 aromatic heterocycles. The molecule has 6 heteroatoms. The van der Waals surface area contributed by atoms with Crippen LogP contribution in [0.15, 0.2) is 18.2 Å². The number of halogens is 2. The van der Waals surface area contributed by atoms with E-state index in [4.69, 9.17) is 23.2 Å². The van der Waals surface area contributed by atoms with Gasteiger partial charge in [-0.3, -0.25) is 0 Å². The topological polar surface area (TPSA) is 52.6 Å². The summed E-state index contributed by atoms with van der Waals surface area (Å²) in [6.07, 6.45) is 1.15. The minimum Gasteiger partial charge on any atom is -0.389 e. The Bertz CT molecular complexity index is 562. The average molecular weight is 345 g/mol. The third-order valence-electron chi connectivity index (χ3n) is 4.44. The number of rotatable bonds is 1. The molecule has 4 nitrogen and oxygen atoms in total. The summed E-state index contributed by atoms with van der Waals surface area (Å²) >= 11 is 11.8. The number of hydrogen-bond donors (Lipinski definition) is 2. The first kappa shape index (κ1) is 17.4. The van der Waals surface area contributed by atoms with Crippen LogP contribution in [0.4, 0.5) is 10.5 Å². The smallest absolute Gasteiger partial charge is 0.321 e. The van der Waals surface area contributed by atoms with Crippen LogP contribution in [-0.4, -0.2) is 34.7 Å². The minimum absolute atomic E-state index is 0.186. The van der Waals surface area contributed by atoms with Crippen LogP contribution < -0.4 is 5.32 Å². The summed E-state index contributed by atoms with van der Waals surface area (Å²) in [5, 5.41) is 14.3. The molecule has 1 heterocycles. The molecular formula is C16H22Cl2N2O2. The minimum atomic E-state index is -0.729. The van der Waals surface area contributed by atoms with E-state index in [1.165, 1.54) is 0 Å². The van der Waals surface area contributed by atoms with E-state index in [1.807, 2.05) is 20.8 Å². The van der Waals surface area contributed by atoms with E-state index in [2.05, 4.69) is 5.32 Å². The second-order valence-corrected chi connectivity index (χ2v) is 7.64. The van der Waals surface area contributed by atoms with Crippen molar-refractivity contribution in [3.05, 3.63) is 28.2 Å². The first-order valence-electron chi connectivity index (χ1n) is 7.36. The summed E-state index contributed by atoms with van der Waals surface area (Å²) in [6, 6.07) is 4.79. The molecule has 2 amide bonds. The van der Waals surface area contributed by atoms with Gasteiger partial charge in [0.25, 0.3) is 0 Å². The Kier molecular flexibility index (Phi) is 4.95. The molecule has 1 fully saturated rings. The van der Waals surface area contributed by atoms with Crippen molar-refractivity contribution in [2.45, 2.75) is 39.2 Å². The number of anilines is 1. The lowest BCUT2D eigenvalue weighted by molar-refractivity contribution is -0.0925. The van der Waals surface area contributed by atoms with E-state index in [9.17, 15) is 9.90 Å². The zero-order valence-electron chi connectivity index (χ0n) is 13.1. The summed E-state index contributed by atoms with van der Waals surface area (Å²) in [5.74, 6) is 0. The van der Waals surface area contributed by atoms with Crippen molar-refractivity contribution < 1.29 is 9.90 Å². The highest BCUT2D eigenvalue weighted by Gasteiger charge is 2.43. The normalized spacial score (nSPS) is 18.2. The second kappa shape index (κ2) is 6.26. The molecule has 1 aromatic rings. The summed E-state index contributed by atoms with van der Waals surface area (Å²) in [4.78, 5) is 14.0.